The van der Waals surface area contributed by atoms with Crippen LogP contribution in [-0.2, 0) is 25.3 Å². The van der Waals surface area contributed by atoms with E-state index in [4.69, 9.17) is 19.8 Å². The minimum atomic E-state index is -0.858. The predicted molar refractivity (Wildman–Crippen MR) is 169 cm³/mol. The summed E-state index contributed by atoms with van der Waals surface area (Å²) in [6.45, 7) is 13.0. The summed E-state index contributed by atoms with van der Waals surface area (Å²) in [6, 6.07) is 6.69. The van der Waals surface area contributed by atoms with Crippen LogP contribution >= 0.6 is 0 Å². The molecule has 242 valence electrons. The minimum absolute atomic E-state index is 0.00679. The standard InChI is InChI=1S/C31H49BN6O6/c1-7-20-10-12-22(13-11-20)42-18-27(39)35-23(9-8-14-34-29(33)37-38-41)28(40)36-26(15-19(2)3)32-43-25-17-21-16-24(30(21,4)5)31(25,6)44-32/h10-13,19,21,23-26H,7-9,14-18H2,1-6H3,(H,35,39)(H,36,40)(H3,33,34,37,41)/t21-,23-,24-,25+,26-,31-/m0/s1. The molecule has 1 aliphatic heterocycles. The van der Waals surface area contributed by atoms with Crippen LogP contribution in [0.2, 0.25) is 0 Å². The second kappa shape index (κ2) is 14.3. The van der Waals surface area contributed by atoms with Crippen LogP contribution in [0, 0.1) is 28.1 Å². The van der Waals surface area contributed by atoms with E-state index in [1.54, 1.807) is 0 Å². The third kappa shape index (κ3) is 7.72. The number of benzene rings is 1. The van der Waals surface area contributed by atoms with E-state index in [-0.39, 0.29) is 48.9 Å². The largest absolute Gasteiger partial charge is 0.484 e. The summed E-state index contributed by atoms with van der Waals surface area (Å²) in [5.74, 6) is 0.595. The summed E-state index contributed by atoms with van der Waals surface area (Å²) < 4.78 is 18.9. The van der Waals surface area contributed by atoms with E-state index in [0.717, 1.165) is 19.3 Å². The predicted octanol–water partition coefficient (Wildman–Crippen LogP) is 3.28. The molecule has 1 saturated heterocycles. The summed E-state index contributed by atoms with van der Waals surface area (Å²) in [5, 5.41) is 8.49. The number of nitrogens with one attached hydrogen (secondary N) is 3. The van der Waals surface area contributed by atoms with E-state index in [1.807, 2.05) is 29.7 Å². The first kappa shape index (κ1) is 33.7. The second-order valence-electron chi connectivity index (χ2n) is 13.6. The first-order chi connectivity index (χ1) is 20.9. The number of hydrogen-bond acceptors (Lipinski definition) is 8. The van der Waals surface area contributed by atoms with Crippen molar-refractivity contribution in [1.82, 2.24) is 16.1 Å². The molecular formula is C31H49BN6O6. The molecule has 1 aromatic carbocycles. The number of nitrogens with two attached hydrogens (primary N) is 1. The van der Waals surface area contributed by atoms with Crippen molar-refractivity contribution in [2.24, 2.45) is 39.2 Å². The van der Waals surface area contributed by atoms with Gasteiger partial charge in [0.15, 0.2) is 6.61 Å². The average Bonchev–Trinajstić information content (AvgIpc) is 3.34. The van der Waals surface area contributed by atoms with E-state index in [2.05, 4.69) is 62.5 Å². The molecule has 5 rings (SSSR count). The van der Waals surface area contributed by atoms with Crippen molar-refractivity contribution >= 4 is 24.9 Å². The summed E-state index contributed by atoms with van der Waals surface area (Å²) >= 11 is 0. The zero-order chi connectivity index (χ0) is 32.1. The van der Waals surface area contributed by atoms with Gasteiger partial charge in [0.2, 0.25) is 11.9 Å². The lowest BCUT2D eigenvalue weighted by Crippen LogP contribution is -2.65. The third-order valence-electron chi connectivity index (χ3n) is 9.80. The van der Waals surface area contributed by atoms with Gasteiger partial charge in [0.1, 0.15) is 11.8 Å². The van der Waals surface area contributed by atoms with Gasteiger partial charge in [0.05, 0.1) is 22.9 Å². The van der Waals surface area contributed by atoms with Crippen LogP contribution < -0.4 is 26.5 Å². The van der Waals surface area contributed by atoms with Gasteiger partial charge in [-0.1, -0.05) is 46.8 Å². The Hall–Kier alpha value is -3.19. The number of amides is 2. The zero-order valence-electron chi connectivity index (χ0n) is 26.9. The molecule has 12 nitrogen and oxygen atoms in total. The van der Waals surface area contributed by atoms with Gasteiger partial charge in [-0.05, 0) is 86.3 Å². The van der Waals surface area contributed by atoms with E-state index in [0.29, 0.717) is 30.4 Å². The fourth-order valence-electron chi connectivity index (χ4n) is 7.15. The fraction of sp³-hybridized carbons (Fsp3) is 0.710. The molecule has 1 heterocycles. The highest BCUT2D eigenvalue weighted by atomic mass is 16.7. The SMILES string of the molecule is CCc1ccc(OCC(=O)N[C@@H](CCCN=C(N)NN=O)C(=O)N[C@@H](CC(C)C)B2O[C@@H]3C[C@@H]4C[C@@H](C4(C)C)[C@]3(C)O2)cc1. The molecule has 0 radical (unpaired) electrons. The number of hydrogen-bond donors (Lipinski definition) is 4. The van der Waals surface area contributed by atoms with Crippen LogP contribution in [0.4, 0.5) is 0 Å². The van der Waals surface area contributed by atoms with Gasteiger partial charge >= 0.3 is 7.12 Å². The quantitative estimate of drug-likeness (QED) is 0.0585. The van der Waals surface area contributed by atoms with Crippen molar-refractivity contribution < 1.29 is 23.6 Å². The van der Waals surface area contributed by atoms with E-state index >= 15 is 0 Å². The van der Waals surface area contributed by atoms with Crippen LogP contribution in [0.1, 0.15) is 79.2 Å². The summed E-state index contributed by atoms with van der Waals surface area (Å²) in [6.07, 6.45) is 4.35. The Morgan fingerprint density at radius 1 is 1.16 bits per heavy atom. The normalized spacial score (nSPS) is 26.7. The monoisotopic (exact) mass is 612 g/mol. The summed E-state index contributed by atoms with van der Waals surface area (Å²) in [7, 11) is -0.580. The van der Waals surface area contributed by atoms with Gasteiger partial charge in [-0.3, -0.25) is 14.6 Å². The van der Waals surface area contributed by atoms with Gasteiger partial charge in [0, 0.05) is 6.54 Å². The Morgan fingerprint density at radius 3 is 2.52 bits per heavy atom. The maximum Gasteiger partial charge on any atom is 0.481 e. The smallest absolute Gasteiger partial charge is 0.481 e. The molecule has 5 N–H and O–H groups in total. The molecule has 2 bridgehead atoms. The van der Waals surface area contributed by atoms with Crippen molar-refractivity contribution in [3.63, 3.8) is 0 Å². The van der Waals surface area contributed by atoms with Gasteiger partial charge < -0.3 is 30.4 Å². The third-order valence-corrected chi connectivity index (χ3v) is 9.80. The minimum Gasteiger partial charge on any atom is -0.484 e. The zero-order valence-corrected chi connectivity index (χ0v) is 26.9. The van der Waals surface area contributed by atoms with Crippen molar-refractivity contribution in [3.05, 3.63) is 34.7 Å². The second-order valence-corrected chi connectivity index (χ2v) is 13.6. The maximum atomic E-state index is 13.8. The molecule has 0 aromatic heterocycles. The molecule has 1 aromatic rings. The molecular weight excluding hydrogens is 563 g/mol. The Kier molecular flexibility index (Phi) is 10.9. The van der Waals surface area contributed by atoms with Crippen LogP contribution in [0.25, 0.3) is 0 Å². The first-order valence-electron chi connectivity index (χ1n) is 15.9. The van der Waals surface area contributed by atoms with Crippen LogP contribution in [0.15, 0.2) is 34.5 Å². The highest BCUT2D eigenvalue weighted by Gasteiger charge is 2.68. The molecule has 3 saturated carbocycles. The number of carbonyl (C=O) groups excluding carboxylic acids is 2. The highest BCUT2D eigenvalue weighted by molar-refractivity contribution is 6.48. The van der Waals surface area contributed by atoms with Gasteiger partial charge in [-0.25, -0.2) is 5.43 Å². The Balaban J connectivity index is 1.42. The lowest BCUT2D eigenvalue weighted by molar-refractivity contribution is -0.199. The number of ether oxygens (including phenoxy) is 1. The summed E-state index contributed by atoms with van der Waals surface area (Å²) in [4.78, 5) is 41.1. The fourth-order valence-corrected chi connectivity index (χ4v) is 7.15. The van der Waals surface area contributed by atoms with Crippen molar-refractivity contribution in [1.29, 1.82) is 0 Å². The van der Waals surface area contributed by atoms with Crippen LogP contribution in [-0.4, -0.2) is 61.7 Å². The molecule has 0 unspecified atom stereocenters. The number of aryl methyl sites for hydroxylation is 1. The number of guanidine groups is 1. The van der Waals surface area contributed by atoms with Gasteiger partial charge in [-0.15, -0.1) is 4.91 Å². The summed E-state index contributed by atoms with van der Waals surface area (Å²) in [5.41, 5.74) is 8.60. The van der Waals surface area contributed by atoms with Crippen LogP contribution in [0.5, 0.6) is 5.75 Å². The van der Waals surface area contributed by atoms with E-state index in [9.17, 15) is 14.5 Å². The van der Waals surface area contributed by atoms with Crippen molar-refractivity contribution in [2.75, 3.05) is 13.2 Å². The molecule has 4 aliphatic rings. The lowest BCUT2D eigenvalue weighted by Gasteiger charge is -2.64. The van der Waals surface area contributed by atoms with Crippen LogP contribution in [0.3, 0.4) is 0 Å². The Labute approximate surface area is 261 Å². The highest BCUT2D eigenvalue weighted by Crippen LogP contribution is 2.65. The molecule has 44 heavy (non-hydrogen) atoms. The Morgan fingerprint density at radius 2 is 1.89 bits per heavy atom. The number of nitroso groups, excluding NO2 is 1. The molecule has 13 heteroatoms. The maximum absolute atomic E-state index is 13.8. The number of aliphatic imine (C=N–C) groups is 1. The lowest BCUT2D eigenvalue weighted by atomic mass is 9.43. The van der Waals surface area contributed by atoms with Gasteiger partial charge in [0.25, 0.3) is 5.91 Å². The van der Waals surface area contributed by atoms with Gasteiger partial charge in [-0.2, -0.15) is 0 Å². The van der Waals surface area contributed by atoms with Crippen molar-refractivity contribution in [2.45, 2.75) is 104 Å². The number of rotatable bonds is 15. The molecule has 4 fully saturated rings. The molecule has 6 atom stereocenters. The number of nitrogens with zero attached hydrogens (tertiary/aromatic N) is 2. The van der Waals surface area contributed by atoms with E-state index in [1.165, 1.54) is 5.56 Å². The molecule has 2 amide bonds. The number of carbonyl (C=O) groups is 2. The Bertz CT molecular complexity index is 1200. The average molecular weight is 613 g/mol. The van der Waals surface area contributed by atoms with E-state index < -0.39 is 30.6 Å². The first-order valence-corrected chi connectivity index (χ1v) is 15.9. The van der Waals surface area contributed by atoms with Crippen molar-refractivity contribution in [3.8, 4) is 5.75 Å². The molecule has 0 spiro atoms. The molecule has 3 aliphatic carbocycles. The topological polar surface area (TPSA) is 166 Å².